The van der Waals surface area contributed by atoms with E-state index in [1.54, 1.807) is 6.07 Å². The lowest BCUT2D eigenvalue weighted by Crippen LogP contribution is -2.13. The molecule has 0 spiro atoms. The highest BCUT2D eigenvalue weighted by Gasteiger charge is 2.06. The number of anilines is 1. The lowest BCUT2D eigenvalue weighted by atomic mass is 10.1. The molecular formula is C17H18ClNO2. The summed E-state index contributed by atoms with van der Waals surface area (Å²) in [4.78, 5) is 12.0. The average molecular weight is 304 g/mol. The Morgan fingerprint density at radius 2 is 2.00 bits per heavy atom. The van der Waals surface area contributed by atoms with Gasteiger partial charge in [-0.3, -0.25) is 4.79 Å². The van der Waals surface area contributed by atoms with E-state index in [0.717, 1.165) is 22.4 Å². The standard InChI is InChI=1S/C17H18ClNO2/c1-12-5-6-14(11-20)10-16(12)19-17(21)8-7-13-3-2-4-15(18)9-13/h2-6,9-10,20H,7-8,11H2,1H3,(H,19,21). The monoisotopic (exact) mass is 303 g/mol. The fraction of sp³-hybridized carbons (Fsp3) is 0.235. The fourth-order valence-corrected chi connectivity index (χ4v) is 2.28. The molecule has 1 amide bonds. The molecule has 0 fully saturated rings. The summed E-state index contributed by atoms with van der Waals surface area (Å²) >= 11 is 5.92. The van der Waals surface area contributed by atoms with Crippen molar-refractivity contribution >= 4 is 23.2 Å². The van der Waals surface area contributed by atoms with Gasteiger partial charge >= 0.3 is 0 Å². The molecule has 2 aromatic carbocycles. The minimum absolute atomic E-state index is 0.0360. The molecule has 0 aliphatic carbocycles. The van der Waals surface area contributed by atoms with E-state index >= 15 is 0 Å². The zero-order chi connectivity index (χ0) is 15.2. The second-order valence-electron chi connectivity index (χ2n) is 4.99. The van der Waals surface area contributed by atoms with Gasteiger partial charge in [0.2, 0.25) is 5.91 Å². The molecule has 21 heavy (non-hydrogen) atoms. The SMILES string of the molecule is Cc1ccc(CO)cc1NC(=O)CCc1cccc(Cl)c1. The molecule has 2 aromatic rings. The van der Waals surface area contributed by atoms with Crippen LogP contribution in [0, 0.1) is 6.92 Å². The van der Waals surface area contributed by atoms with Crippen molar-refractivity contribution in [3.63, 3.8) is 0 Å². The molecule has 2 rings (SSSR count). The molecule has 0 bridgehead atoms. The van der Waals surface area contributed by atoms with Crippen LogP contribution in [0.4, 0.5) is 5.69 Å². The summed E-state index contributed by atoms with van der Waals surface area (Å²) in [6, 6.07) is 13.0. The van der Waals surface area contributed by atoms with Crippen molar-refractivity contribution in [3.05, 3.63) is 64.2 Å². The maximum absolute atomic E-state index is 12.0. The fourth-order valence-electron chi connectivity index (χ4n) is 2.07. The number of aryl methyl sites for hydroxylation is 2. The molecular weight excluding hydrogens is 286 g/mol. The van der Waals surface area contributed by atoms with E-state index in [1.165, 1.54) is 0 Å². The number of amides is 1. The van der Waals surface area contributed by atoms with Gasteiger partial charge in [-0.25, -0.2) is 0 Å². The topological polar surface area (TPSA) is 49.3 Å². The molecule has 0 aliphatic heterocycles. The Labute approximate surface area is 129 Å². The van der Waals surface area contributed by atoms with Crippen molar-refractivity contribution in [2.75, 3.05) is 5.32 Å². The van der Waals surface area contributed by atoms with Gasteiger partial charge in [0.15, 0.2) is 0 Å². The lowest BCUT2D eigenvalue weighted by Gasteiger charge is -2.10. The number of benzene rings is 2. The van der Waals surface area contributed by atoms with Crippen LogP contribution in [0.5, 0.6) is 0 Å². The molecule has 0 unspecified atom stereocenters. The Balaban J connectivity index is 1.96. The molecule has 110 valence electrons. The summed E-state index contributed by atoms with van der Waals surface area (Å²) in [6.07, 6.45) is 1.04. The number of hydrogen-bond acceptors (Lipinski definition) is 2. The van der Waals surface area contributed by atoms with Gasteiger partial charge in [0.25, 0.3) is 0 Å². The normalized spacial score (nSPS) is 10.4. The van der Waals surface area contributed by atoms with Crippen molar-refractivity contribution in [2.45, 2.75) is 26.4 Å². The third-order valence-electron chi connectivity index (χ3n) is 3.29. The van der Waals surface area contributed by atoms with Gasteiger partial charge < -0.3 is 10.4 Å². The zero-order valence-corrected chi connectivity index (χ0v) is 12.7. The van der Waals surface area contributed by atoms with Crippen LogP contribution < -0.4 is 5.32 Å². The van der Waals surface area contributed by atoms with Gasteiger partial charge in [-0.1, -0.05) is 35.9 Å². The summed E-state index contributed by atoms with van der Waals surface area (Å²) < 4.78 is 0. The van der Waals surface area contributed by atoms with E-state index in [-0.39, 0.29) is 12.5 Å². The van der Waals surface area contributed by atoms with Crippen LogP contribution in [0.2, 0.25) is 5.02 Å². The largest absolute Gasteiger partial charge is 0.392 e. The number of hydrogen-bond donors (Lipinski definition) is 2. The van der Waals surface area contributed by atoms with Crippen molar-refractivity contribution < 1.29 is 9.90 Å². The van der Waals surface area contributed by atoms with E-state index in [2.05, 4.69) is 5.32 Å². The first-order valence-corrected chi connectivity index (χ1v) is 7.21. The van der Waals surface area contributed by atoms with Crippen LogP contribution in [0.15, 0.2) is 42.5 Å². The number of aliphatic hydroxyl groups is 1. The maximum atomic E-state index is 12.0. The van der Waals surface area contributed by atoms with Crippen LogP contribution in [0.25, 0.3) is 0 Å². The van der Waals surface area contributed by atoms with Gasteiger partial charge in [0.1, 0.15) is 0 Å². The average Bonchev–Trinajstić information content (AvgIpc) is 2.47. The summed E-state index contributed by atoms with van der Waals surface area (Å²) in [5.74, 6) is -0.0480. The molecule has 3 nitrogen and oxygen atoms in total. The van der Waals surface area contributed by atoms with Crippen LogP contribution >= 0.6 is 11.6 Å². The van der Waals surface area contributed by atoms with E-state index < -0.39 is 0 Å². The van der Waals surface area contributed by atoms with E-state index in [4.69, 9.17) is 16.7 Å². The van der Waals surface area contributed by atoms with Crippen molar-refractivity contribution in [1.29, 1.82) is 0 Å². The third-order valence-corrected chi connectivity index (χ3v) is 3.52. The van der Waals surface area contributed by atoms with Crippen LogP contribution in [0.1, 0.15) is 23.1 Å². The minimum atomic E-state index is -0.0480. The predicted octanol–water partition coefficient (Wildman–Crippen LogP) is 3.71. The van der Waals surface area contributed by atoms with Crippen molar-refractivity contribution in [1.82, 2.24) is 0 Å². The summed E-state index contributed by atoms with van der Waals surface area (Å²) in [5.41, 5.74) is 3.55. The highest BCUT2D eigenvalue weighted by atomic mass is 35.5. The Bertz CT molecular complexity index is 640. The first-order valence-electron chi connectivity index (χ1n) is 6.83. The molecule has 0 saturated heterocycles. The van der Waals surface area contributed by atoms with E-state index in [1.807, 2.05) is 43.3 Å². The Morgan fingerprint density at radius 3 is 2.71 bits per heavy atom. The number of carbonyl (C=O) groups excluding carboxylic acids is 1. The second-order valence-corrected chi connectivity index (χ2v) is 5.42. The molecule has 2 N–H and O–H groups in total. The first kappa shape index (κ1) is 15.5. The summed E-state index contributed by atoms with van der Waals surface area (Å²) in [7, 11) is 0. The molecule has 0 saturated carbocycles. The Morgan fingerprint density at radius 1 is 1.19 bits per heavy atom. The molecule has 0 radical (unpaired) electrons. The summed E-state index contributed by atoms with van der Waals surface area (Å²) in [5, 5.41) is 12.7. The minimum Gasteiger partial charge on any atom is -0.392 e. The number of nitrogens with one attached hydrogen (secondary N) is 1. The molecule has 4 heteroatoms. The number of halogens is 1. The summed E-state index contributed by atoms with van der Waals surface area (Å²) in [6.45, 7) is 1.89. The van der Waals surface area contributed by atoms with Crippen LogP contribution in [-0.4, -0.2) is 11.0 Å². The number of rotatable bonds is 5. The maximum Gasteiger partial charge on any atom is 0.224 e. The van der Waals surface area contributed by atoms with Crippen LogP contribution in [-0.2, 0) is 17.8 Å². The van der Waals surface area contributed by atoms with Gasteiger partial charge in [-0.2, -0.15) is 0 Å². The second kappa shape index (κ2) is 7.25. The van der Waals surface area contributed by atoms with E-state index in [9.17, 15) is 4.79 Å². The van der Waals surface area contributed by atoms with Crippen LogP contribution in [0.3, 0.4) is 0 Å². The lowest BCUT2D eigenvalue weighted by molar-refractivity contribution is -0.116. The molecule has 0 heterocycles. The van der Waals surface area contributed by atoms with Gasteiger partial charge in [-0.15, -0.1) is 0 Å². The highest BCUT2D eigenvalue weighted by Crippen LogP contribution is 2.18. The molecule has 0 aromatic heterocycles. The highest BCUT2D eigenvalue weighted by molar-refractivity contribution is 6.30. The van der Waals surface area contributed by atoms with E-state index in [0.29, 0.717) is 17.9 Å². The Kier molecular flexibility index (Phi) is 5.37. The first-order chi connectivity index (χ1) is 10.1. The smallest absolute Gasteiger partial charge is 0.224 e. The molecule has 0 aliphatic rings. The predicted molar refractivity (Wildman–Crippen MR) is 85.5 cm³/mol. The number of aliphatic hydroxyl groups excluding tert-OH is 1. The third kappa shape index (κ3) is 4.59. The zero-order valence-electron chi connectivity index (χ0n) is 11.9. The van der Waals surface area contributed by atoms with Crippen molar-refractivity contribution in [3.8, 4) is 0 Å². The van der Waals surface area contributed by atoms with Gasteiger partial charge in [0.05, 0.1) is 6.61 Å². The quantitative estimate of drug-likeness (QED) is 0.884. The van der Waals surface area contributed by atoms with Gasteiger partial charge in [-0.05, 0) is 48.2 Å². The van der Waals surface area contributed by atoms with Gasteiger partial charge in [0, 0.05) is 17.1 Å². The Hall–Kier alpha value is -1.84. The van der Waals surface area contributed by atoms with Crippen molar-refractivity contribution in [2.24, 2.45) is 0 Å². The number of carbonyl (C=O) groups is 1. The molecule has 0 atom stereocenters.